The molecule has 3 aromatic rings. The number of phenols is 1. The molecule has 0 fully saturated rings. The van der Waals surface area contributed by atoms with E-state index in [1.165, 1.54) is 11.3 Å². The number of hydrogen-bond acceptors (Lipinski definition) is 4. The van der Waals surface area contributed by atoms with Gasteiger partial charge in [-0.05, 0) is 29.7 Å². The van der Waals surface area contributed by atoms with E-state index in [-0.39, 0.29) is 24.1 Å². The molecule has 0 bridgehead atoms. The predicted octanol–water partition coefficient (Wildman–Crippen LogP) is 3.61. The highest BCUT2D eigenvalue weighted by atomic mass is 32.1. The Morgan fingerprint density at radius 3 is 2.71 bits per heavy atom. The molecular weight excluding hydrogens is 320 g/mol. The van der Waals surface area contributed by atoms with Crippen molar-refractivity contribution in [3.8, 4) is 5.75 Å². The molecule has 0 spiro atoms. The molecule has 3 rings (SSSR count). The molecule has 5 heteroatoms. The van der Waals surface area contributed by atoms with Gasteiger partial charge in [-0.25, -0.2) is 4.98 Å². The van der Waals surface area contributed by atoms with Crippen LogP contribution >= 0.6 is 11.3 Å². The topological polar surface area (TPSA) is 62.2 Å². The lowest BCUT2D eigenvalue weighted by Crippen LogP contribution is -2.30. The molecule has 0 saturated heterocycles. The van der Waals surface area contributed by atoms with Crippen LogP contribution in [0.25, 0.3) is 0 Å². The minimum absolute atomic E-state index is 0.109. The Kier molecular flexibility index (Phi) is 4.91. The summed E-state index contributed by atoms with van der Waals surface area (Å²) in [5.74, 6) is 0.0992. The molecule has 24 heavy (non-hydrogen) atoms. The van der Waals surface area contributed by atoms with Gasteiger partial charge in [0.15, 0.2) is 0 Å². The van der Waals surface area contributed by atoms with Crippen LogP contribution in [-0.2, 0) is 11.2 Å². The van der Waals surface area contributed by atoms with Crippen LogP contribution in [-0.4, -0.2) is 16.0 Å². The van der Waals surface area contributed by atoms with Gasteiger partial charge in [-0.3, -0.25) is 4.79 Å². The fraction of sp³-hybridized carbons (Fsp3) is 0.158. The molecule has 1 unspecified atom stereocenters. The minimum atomic E-state index is -0.266. The Labute approximate surface area is 144 Å². The monoisotopic (exact) mass is 338 g/mol. The van der Waals surface area contributed by atoms with Gasteiger partial charge in [-0.1, -0.05) is 42.5 Å². The van der Waals surface area contributed by atoms with E-state index in [0.717, 1.165) is 21.7 Å². The Balaban J connectivity index is 1.77. The number of thiazole rings is 1. The zero-order chi connectivity index (χ0) is 16.9. The molecule has 0 saturated carbocycles. The summed E-state index contributed by atoms with van der Waals surface area (Å²) >= 11 is 1.51. The summed E-state index contributed by atoms with van der Waals surface area (Å²) in [6.07, 6.45) is 1.95. The molecule has 1 aromatic heterocycles. The van der Waals surface area contributed by atoms with E-state index in [1.807, 2.05) is 54.8 Å². The van der Waals surface area contributed by atoms with E-state index in [9.17, 15) is 9.90 Å². The SMILES string of the molecule is Cc1ccc(CC(=O)NC(c2ccccc2)c2nccs2)cc1O. The van der Waals surface area contributed by atoms with Gasteiger partial charge in [0.1, 0.15) is 16.8 Å². The smallest absolute Gasteiger partial charge is 0.225 e. The third-order valence-electron chi connectivity index (χ3n) is 3.77. The van der Waals surface area contributed by atoms with Gasteiger partial charge in [0.2, 0.25) is 5.91 Å². The number of aromatic nitrogens is 1. The van der Waals surface area contributed by atoms with E-state index in [0.29, 0.717) is 0 Å². The number of nitrogens with one attached hydrogen (secondary N) is 1. The summed E-state index contributed by atoms with van der Waals surface area (Å²) in [7, 11) is 0. The van der Waals surface area contributed by atoms with Crippen molar-refractivity contribution in [2.45, 2.75) is 19.4 Å². The maximum Gasteiger partial charge on any atom is 0.225 e. The number of aryl methyl sites for hydroxylation is 1. The molecule has 0 aliphatic heterocycles. The molecule has 1 heterocycles. The maximum absolute atomic E-state index is 12.5. The second-order valence-corrected chi connectivity index (χ2v) is 6.51. The molecular formula is C19H18N2O2S. The van der Waals surface area contributed by atoms with Crippen molar-refractivity contribution < 1.29 is 9.90 Å². The number of rotatable bonds is 5. The van der Waals surface area contributed by atoms with Crippen molar-refractivity contribution in [1.82, 2.24) is 10.3 Å². The van der Waals surface area contributed by atoms with Crippen LogP contribution in [0.15, 0.2) is 60.1 Å². The third-order valence-corrected chi connectivity index (χ3v) is 4.62. The van der Waals surface area contributed by atoms with Crippen molar-refractivity contribution in [2.24, 2.45) is 0 Å². The van der Waals surface area contributed by atoms with Gasteiger partial charge in [0.25, 0.3) is 0 Å². The number of hydrogen-bond donors (Lipinski definition) is 2. The summed E-state index contributed by atoms with van der Waals surface area (Å²) in [4.78, 5) is 16.8. The molecule has 1 atom stereocenters. The van der Waals surface area contributed by atoms with E-state index >= 15 is 0 Å². The highest BCUT2D eigenvalue weighted by Gasteiger charge is 2.19. The van der Waals surface area contributed by atoms with E-state index in [1.54, 1.807) is 12.3 Å². The van der Waals surface area contributed by atoms with Crippen LogP contribution in [0.5, 0.6) is 5.75 Å². The Hall–Kier alpha value is -2.66. The first-order valence-electron chi connectivity index (χ1n) is 7.65. The zero-order valence-electron chi connectivity index (χ0n) is 13.3. The Morgan fingerprint density at radius 1 is 1.25 bits per heavy atom. The minimum Gasteiger partial charge on any atom is -0.508 e. The number of aromatic hydroxyl groups is 1. The van der Waals surface area contributed by atoms with Crippen LogP contribution in [0, 0.1) is 6.92 Å². The third kappa shape index (κ3) is 3.81. The quantitative estimate of drug-likeness (QED) is 0.747. The largest absolute Gasteiger partial charge is 0.508 e. The van der Waals surface area contributed by atoms with Crippen LogP contribution < -0.4 is 5.32 Å². The number of nitrogens with zero attached hydrogens (tertiary/aromatic N) is 1. The lowest BCUT2D eigenvalue weighted by Gasteiger charge is -2.17. The lowest BCUT2D eigenvalue weighted by molar-refractivity contribution is -0.120. The lowest BCUT2D eigenvalue weighted by atomic mass is 10.1. The summed E-state index contributed by atoms with van der Waals surface area (Å²) in [5.41, 5.74) is 2.57. The molecule has 4 nitrogen and oxygen atoms in total. The average molecular weight is 338 g/mol. The normalized spacial score (nSPS) is 11.9. The highest BCUT2D eigenvalue weighted by Crippen LogP contribution is 2.24. The van der Waals surface area contributed by atoms with E-state index < -0.39 is 0 Å². The van der Waals surface area contributed by atoms with Gasteiger partial charge < -0.3 is 10.4 Å². The molecule has 2 N–H and O–H groups in total. The number of carbonyl (C=O) groups excluding carboxylic acids is 1. The Bertz CT molecular complexity index is 817. The zero-order valence-corrected chi connectivity index (χ0v) is 14.1. The fourth-order valence-corrected chi connectivity index (χ4v) is 3.19. The van der Waals surface area contributed by atoms with E-state index in [2.05, 4.69) is 10.3 Å². The van der Waals surface area contributed by atoms with Crippen molar-refractivity contribution in [3.05, 3.63) is 81.8 Å². The first kappa shape index (κ1) is 16.2. The van der Waals surface area contributed by atoms with Crippen molar-refractivity contribution >= 4 is 17.2 Å². The predicted molar refractivity (Wildman–Crippen MR) is 95.1 cm³/mol. The molecule has 0 radical (unpaired) electrons. The van der Waals surface area contributed by atoms with Crippen LogP contribution in [0.3, 0.4) is 0 Å². The van der Waals surface area contributed by atoms with Crippen molar-refractivity contribution in [2.75, 3.05) is 0 Å². The Morgan fingerprint density at radius 2 is 2.04 bits per heavy atom. The second-order valence-electron chi connectivity index (χ2n) is 5.58. The number of carbonyl (C=O) groups is 1. The second kappa shape index (κ2) is 7.27. The average Bonchev–Trinajstić information content (AvgIpc) is 3.11. The molecule has 2 aromatic carbocycles. The molecule has 122 valence electrons. The van der Waals surface area contributed by atoms with Gasteiger partial charge in [0.05, 0.1) is 6.42 Å². The van der Waals surface area contributed by atoms with Crippen molar-refractivity contribution in [3.63, 3.8) is 0 Å². The van der Waals surface area contributed by atoms with Gasteiger partial charge in [-0.15, -0.1) is 11.3 Å². The summed E-state index contributed by atoms with van der Waals surface area (Å²) in [5, 5.41) is 15.6. The van der Waals surface area contributed by atoms with Gasteiger partial charge in [0, 0.05) is 11.6 Å². The highest BCUT2D eigenvalue weighted by molar-refractivity contribution is 7.09. The van der Waals surface area contributed by atoms with E-state index in [4.69, 9.17) is 0 Å². The van der Waals surface area contributed by atoms with Crippen LogP contribution in [0.4, 0.5) is 0 Å². The van der Waals surface area contributed by atoms with Gasteiger partial charge in [-0.2, -0.15) is 0 Å². The van der Waals surface area contributed by atoms with Crippen LogP contribution in [0.2, 0.25) is 0 Å². The number of amides is 1. The van der Waals surface area contributed by atoms with Gasteiger partial charge >= 0.3 is 0 Å². The summed E-state index contributed by atoms with van der Waals surface area (Å²) in [6.45, 7) is 1.83. The standard InChI is InChI=1S/C19H18N2O2S/c1-13-7-8-14(11-16(13)22)12-17(23)21-18(19-20-9-10-24-19)15-5-3-2-4-6-15/h2-11,18,22H,12H2,1H3,(H,21,23). The molecule has 0 aliphatic rings. The first-order valence-corrected chi connectivity index (χ1v) is 8.53. The summed E-state index contributed by atoms with van der Waals surface area (Å²) < 4.78 is 0. The maximum atomic E-state index is 12.5. The fourth-order valence-electron chi connectivity index (χ4n) is 2.47. The molecule has 0 aliphatic carbocycles. The van der Waals surface area contributed by atoms with Crippen molar-refractivity contribution in [1.29, 1.82) is 0 Å². The number of phenolic OH excluding ortho intramolecular Hbond substituents is 1. The first-order chi connectivity index (χ1) is 11.6. The molecule has 1 amide bonds. The number of benzene rings is 2. The summed E-state index contributed by atoms with van der Waals surface area (Å²) in [6, 6.07) is 14.8. The van der Waals surface area contributed by atoms with Crippen LogP contribution in [0.1, 0.15) is 27.7 Å².